The molecule has 0 fully saturated rings. The number of methoxy groups -OCH3 is 1. The first kappa shape index (κ1) is 14.6. The molecule has 1 unspecified atom stereocenters. The molecule has 1 atom stereocenters. The number of benzene rings is 1. The van der Waals surface area contributed by atoms with E-state index in [2.05, 4.69) is 0 Å². The van der Waals surface area contributed by atoms with Crippen LogP contribution >= 0.6 is 0 Å². The molecule has 0 amide bonds. The van der Waals surface area contributed by atoms with E-state index in [1.54, 1.807) is 26.2 Å². The lowest BCUT2D eigenvalue weighted by atomic mass is 10.0. The van der Waals surface area contributed by atoms with Crippen LogP contribution in [0.25, 0.3) is 0 Å². The van der Waals surface area contributed by atoms with Crippen LogP contribution in [0.2, 0.25) is 0 Å². The summed E-state index contributed by atoms with van der Waals surface area (Å²) in [5.41, 5.74) is 1.15. The minimum Gasteiger partial charge on any atom is -0.486 e. The molecular formula is C14H18O6. The Bertz CT molecular complexity index is 485. The van der Waals surface area contributed by atoms with E-state index in [4.69, 9.17) is 18.9 Å². The molecular weight excluding hydrogens is 264 g/mol. The van der Waals surface area contributed by atoms with Gasteiger partial charge in [0.05, 0.1) is 13.2 Å². The van der Waals surface area contributed by atoms with Crippen LogP contribution in [-0.2, 0) is 20.9 Å². The summed E-state index contributed by atoms with van der Waals surface area (Å²) >= 11 is 0. The minimum absolute atomic E-state index is 0.206. The maximum Gasteiger partial charge on any atom is 0.339 e. The molecule has 0 bridgehead atoms. The van der Waals surface area contributed by atoms with Gasteiger partial charge in [-0.25, -0.2) is 4.79 Å². The zero-order valence-electron chi connectivity index (χ0n) is 11.5. The van der Waals surface area contributed by atoms with E-state index in [9.17, 15) is 9.90 Å². The van der Waals surface area contributed by atoms with E-state index in [0.29, 0.717) is 36.9 Å². The van der Waals surface area contributed by atoms with Gasteiger partial charge in [0, 0.05) is 18.2 Å². The number of carbonyl (C=O) groups is 1. The summed E-state index contributed by atoms with van der Waals surface area (Å²) in [5, 5.41) is 10.1. The summed E-state index contributed by atoms with van der Waals surface area (Å²) in [7, 11) is 1.58. The average Bonchev–Trinajstić information content (AvgIpc) is 2.47. The van der Waals surface area contributed by atoms with Gasteiger partial charge in [0.15, 0.2) is 17.6 Å². The van der Waals surface area contributed by atoms with Gasteiger partial charge in [-0.15, -0.1) is 0 Å². The SMILES string of the molecule is CCOC(=O)C(O)c1ccc(COC)c2c1OCCO2. The van der Waals surface area contributed by atoms with Crippen molar-refractivity contribution in [3.05, 3.63) is 23.3 Å². The molecule has 0 radical (unpaired) electrons. The zero-order chi connectivity index (χ0) is 14.5. The number of fused-ring (bicyclic) bond motifs is 1. The van der Waals surface area contributed by atoms with Crippen LogP contribution in [0, 0.1) is 0 Å². The van der Waals surface area contributed by atoms with Gasteiger partial charge in [-0.2, -0.15) is 0 Å². The second kappa shape index (κ2) is 6.58. The molecule has 1 aromatic rings. The third kappa shape index (κ3) is 2.86. The first-order valence-electron chi connectivity index (χ1n) is 6.44. The molecule has 1 aromatic carbocycles. The second-order valence-corrected chi connectivity index (χ2v) is 4.26. The number of aliphatic hydroxyl groups is 1. The number of hydrogen-bond acceptors (Lipinski definition) is 6. The van der Waals surface area contributed by atoms with Crippen molar-refractivity contribution in [3.8, 4) is 11.5 Å². The molecule has 1 aliphatic rings. The molecule has 0 spiro atoms. The predicted octanol–water partition coefficient (Wildman–Crippen LogP) is 1.20. The van der Waals surface area contributed by atoms with Crippen LogP contribution in [0.3, 0.4) is 0 Å². The van der Waals surface area contributed by atoms with Gasteiger partial charge in [-0.1, -0.05) is 12.1 Å². The molecule has 6 heteroatoms. The van der Waals surface area contributed by atoms with Gasteiger partial charge in [0.2, 0.25) is 0 Å². The highest BCUT2D eigenvalue weighted by Crippen LogP contribution is 2.40. The Morgan fingerprint density at radius 2 is 2.05 bits per heavy atom. The van der Waals surface area contributed by atoms with E-state index in [1.165, 1.54) is 0 Å². The lowest BCUT2D eigenvalue weighted by Gasteiger charge is -2.24. The fraction of sp³-hybridized carbons (Fsp3) is 0.500. The Balaban J connectivity index is 2.37. The van der Waals surface area contributed by atoms with Gasteiger partial charge in [0.1, 0.15) is 13.2 Å². The Morgan fingerprint density at radius 1 is 1.35 bits per heavy atom. The molecule has 2 rings (SSSR count). The van der Waals surface area contributed by atoms with E-state index >= 15 is 0 Å². The lowest BCUT2D eigenvalue weighted by Crippen LogP contribution is -2.21. The molecule has 0 aromatic heterocycles. The first-order chi connectivity index (χ1) is 9.69. The van der Waals surface area contributed by atoms with E-state index in [0.717, 1.165) is 5.56 Å². The van der Waals surface area contributed by atoms with E-state index in [-0.39, 0.29) is 6.61 Å². The summed E-state index contributed by atoms with van der Waals surface area (Å²) in [5.74, 6) is 0.189. The largest absolute Gasteiger partial charge is 0.486 e. The van der Waals surface area contributed by atoms with Crippen molar-refractivity contribution in [2.75, 3.05) is 26.9 Å². The number of hydrogen-bond donors (Lipinski definition) is 1. The highest BCUT2D eigenvalue weighted by atomic mass is 16.6. The monoisotopic (exact) mass is 282 g/mol. The summed E-state index contributed by atoms with van der Waals surface area (Å²) in [4.78, 5) is 11.6. The van der Waals surface area contributed by atoms with Gasteiger partial charge in [-0.3, -0.25) is 0 Å². The number of ether oxygens (including phenoxy) is 4. The Morgan fingerprint density at radius 3 is 2.70 bits per heavy atom. The van der Waals surface area contributed by atoms with E-state index in [1.807, 2.05) is 0 Å². The Kier molecular flexibility index (Phi) is 4.81. The minimum atomic E-state index is -1.39. The number of esters is 1. The van der Waals surface area contributed by atoms with Crippen LogP contribution in [0.15, 0.2) is 12.1 Å². The topological polar surface area (TPSA) is 74.2 Å². The molecule has 1 N–H and O–H groups in total. The third-order valence-electron chi connectivity index (χ3n) is 2.90. The molecule has 20 heavy (non-hydrogen) atoms. The van der Waals surface area contributed by atoms with Crippen LogP contribution in [-0.4, -0.2) is 38.0 Å². The summed E-state index contributed by atoms with van der Waals surface area (Å²) in [6.07, 6.45) is -1.39. The maximum absolute atomic E-state index is 11.6. The molecule has 1 aliphatic heterocycles. The van der Waals surface area contributed by atoms with Crippen molar-refractivity contribution < 1.29 is 28.8 Å². The molecule has 110 valence electrons. The fourth-order valence-corrected chi connectivity index (χ4v) is 2.05. The molecule has 0 saturated carbocycles. The van der Waals surface area contributed by atoms with Gasteiger partial charge < -0.3 is 24.1 Å². The fourth-order valence-electron chi connectivity index (χ4n) is 2.05. The van der Waals surface area contributed by atoms with Crippen molar-refractivity contribution in [1.29, 1.82) is 0 Å². The van der Waals surface area contributed by atoms with Crippen LogP contribution in [0.4, 0.5) is 0 Å². The normalized spacial score (nSPS) is 14.8. The summed E-state index contributed by atoms with van der Waals surface area (Å²) < 4.78 is 21.0. The van der Waals surface area contributed by atoms with Crippen LogP contribution in [0.5, 0.6) is 11.5 Å². The van der Waals surface area contributed by atoms with Gasteiger partial charge in [-0.05, 0) is 6.92 Å². The van der Waals surface area contributed by atoms with E-state index < -0.39 is 12.1 Å². The molecule has 6 nitrogen and oxygen atoms in total. The van der Waals surface area contributed by atoms with Crippen molar-refractivity contribution >= 4 is 5.97 Å². The lowest BCUT2D eigenvalue weighted by molar-refractivity contribution is -0.153. The quantitative estimate of drug-likeness (QED) is 0.818. The summed E-state index contributed by atoms with van der Waals surface area (Å²) in [6.45, 7) is 3.04. The number of rotatable bonds is 5. The van der Waals surface area contributed by atoms with Crippen molar-refractivity contribution in [3.63, 3.8) is 0 Å². The van der Waals surface area contributed by atoms with Gasteiger partial charge in [0.25, 0.3) is 0 Å². The summed E-state index contributed by atoms with van der Waals surface area (Å²) in [6, 6.07) is 3.37. The first-order valence-corrected chi connectivity index (χ1v) is 6.44. The number of aliphatic hydroxyl groups excluding tert-OH is 1. The highest BCUT2D eigenvalue weighted by molar-refractivity contribution is 5.78. The molecule has 0 aliphatic carbocycles. The van der Waals surface area contributed by atoms with Crippen molar-refractivity contribution in [2.45, 2.75) is 19.6 Å². The Hall–Kier alpha value is -1.79. The Labute approximate surface area is 117 Å². The van der Waals surface area contributed by atoms with Crippen LogP contribution in [0.1, 0.15) is 24.2 Å². The van der Waals surface area contributed by atoms with Gasteiger partial charge >= 0.3 is 5.97 Å². The maximum atomic E-state index is 11.6. The van der Waals surface area contributed by atoms with Crippen molar-refractivity contribution in [2.24, 2.45) is 0 Å². The third-order valence-corrected chi connectivity index (χ3v) is 2.90. The molecule has 1 heterocycles. The predicted molar refractivity (Wildman–Crippen MR) is 69.7 cm³/mol. The standard InChI is InChI=1S/C14H18O6/c1-3-18-14(16)11(15)10-5-4-9(8-17-2)12-13(10)20-7-6-19-12/h4-5,11,15H,3,6-8H2,1-2H3. The van der Waals surface area contributed by atoms with Crippen LogP contribution < -0.4 is 9.47 Å². The number of carbonyl (C=O) groups excluding carboxylic acids is 1. The zero-order valence-corrected chi connectivity index (χ0v) is 11.5. The highest BCUT2D eigenvalue weighted by Gasteiger charge is 2.28. The average molecular weight is 282 g/mol. The second-order valence-electron chi connectivity index (χ2n) is 4.26. The van der Waals surface area contributed by atoms with Crippen molar-refractivity contribution in [1.82, 2.24) is 0 Å². The smallest absolute Gasteiger partial charge is 0.339 e. The molecule has 0 saturated heterocycles.